The standard InChI is InChI=1S/C28H46NO.HI/c1-4-29(5-2,6-3)23-17-13-11-9-7-8-10-12-14-18-24-30-28-22-21-26-19-15-16-20-27(26)25-28;/h15-16,19-22,25H,4-14,17-18,23-24H2,1-3H3;1H/q+1;/p-1. The molecule has 2 rings (SSSR count). The van der Waals surface area contributed by atoms with Crippen molar-refractivity contribution in [2.24, 2.45) is 0 Å². The molecule has 0 saturated carbocycles. The van der Waals surface area contributed by atoms with Gasteiger partial charge in [0.2, 0.25) is 0 Å². The molecule has 31 heavy (non-hydrogen) atoms. The van der Waals surface area contributed by atoms with Gasteiger partial charge in [-0.3, -0.25) is 0 Å². The van der Waals surface area contributed by atoms with Gasteiger partial charge in [0, 0.05) is 0 Å². The van der Waals surface area contributed by atoms with Gasteiger partial charge < -0.3 is 33.2 Å². The summed E-state index contributed by atoms with van der Waals surface area (Å²) in [4.78, 5) is 0. The SMILES string of the molecule is CC[N+](CC)(CC)CCCCCCCCCCCCOc1ccc2ccccc2c1.[I-]. The average molecular weight is 540 g/mol. The van der Waals surface area contributed by atoms with Crippen molar-refractivity contribution < 1.29 is 33.2 Å². The van der Waals surface area contributed by atoms with Crippen LogP contribution in [0.1, 0.15) is 85.0 Å². The fraction of sp³-hybridized carbons (Fsp3) is 0.643. The minimum atomic E-state index is 0. The molecule has 0 amide bonds. The molecule has 0 aliphatic carbocycles. The predicted octanol–water partition coefficient (Wildman–Crippen LogP) is 5.00. The van der Waals surface area contributed by atoms with Gasteiger partial charge in [-0.1, -0.05) is 75.3 Å². The molecule has 0 unspecified atom stereocenters. The summed E-state index contributed by atoms with van der Waals surface area (Å²) in [5, 5.41) is 2.54. The summed E-state index contributed by atoms with van der Waals surface area (Å²) in [5.74, 6) is 1.00. The van der Waals surface area contributed by atoms with E-state index in [0.717, 1.165) is 12.4 Å². The van der Waals surface area contributed by atoms with E-state index in [-0.39, 0.29) is 24.0 Å². The van der Waals surface area contributed by atoms with Gasteiger partial charge in [-0.2, -0.15) is 0 Å². The van der Waals surface area contributed by atoms with E-state index in [2.05, 4.69) is 63.2 Å². The zero-order chi connectivity index (χ0) is 21.5. The summed E-state index contributed by atoms with van der Waals surface area (Å²) < 4.78 is 7.25. The largest absolute Gasteiger partial charge is 1.00 e. The number of fused-ring (bicyclic) bond motifs is 1. The van der Waals surface area contributed by atoms with Crippen molar-refractivity contribution in [3.63, 3.8) is 0 Å². The Morgan fingerprint density at radius 3 is 1.71 bits per heavy atom. The number of unbranched alkanes of at least 4 members (excludes halogenated alkanes) is 9. The highest BCUT2D eigenvalue weighted by molar-refractivity contribution is 5.83. The van der Waals surface area contributed by atoms with Crippen LogP contribution in [0.5, 0.6) is 5.75 Å². The van der Waals surface area contributed by atoms with Crippen molar-refractivity contribution in [3.8, 4) is 5.75 Å². The molecule has 2 nitrogen and oxygen atoms in total. The van der Waals surface area contributed by atoms with Crippen LogP contribution in [0, 0.1) is 0 Å². The third-order valence-electron chi connectivity index (χ3n) is 7.03. The number of benzene rings is 2. The topological polar surface area (TPSA) is 9.23 Å². The summed E-state index contributed by atoms with van der Waals surface area (Å²) in [6.45, 7) is 13.1. The number of hydrogen-bond acceptors (Lipinski definition) is 1. The molecule has 0 spiro atoms. The minimum Gasteiger partial charge on any atom is -1.00 e. The second-order valence-electron chi connectivity index (χ2n) is 8.91. The quantitative estimate of drug-likeness (QED) is 0.156. The molecule has 2 aromatic carbocycles. The fourth-order valence-corrected chi connectivity index (χ4v) is 4.56. The molecule has 0 bridgehead atoms. The molecular weight excluding hydrogens is 493 g/mol. The number of hydrogen-bond donors (Lipinski definition) is 0. The van der Waals surface area contributed by atoms with Gasteiger partial charge in [0.15, 0.2) is 0 Å². The minimum absolute atomic E-state index is 0. The number of nitrogens with zero attached hydrogens (tertiary/aromatic N) is 1. The number of quaternary nitrogens is 1. The molecule has 176 valence electrons. The molecule has 0 heterocycles. The predicted molar refractivity (Wildman–Crippen MR) is 132 cm³/mol. The molecule has 2 aromatic rings. The van der Waals surface area contributed by atoms with Crippen LogP contribution < -0.4 is 28.7 Å². The second kappa shape index (κ2) is 16.8. The Labute approximate surface area is 209 Å². The van der Waals surface area contributed by atoms with Crippen LogP contribution in [0.2, 0.25) is 0 Å². The first-order valence-electron chi connectivity index (χ1n) is 12.7. The maximum Gasteiger partial charge on any atom is 0.119 e. The van der Waals surface area contributed by atoms with E-state index in [9.17, 15) is 0 Å². The first-order valence-corrected chi connectivity index (χ1v) is 12.7. The monoisotopic (exact) mass is 539 g/mol. The van der Waals surface area contributed by atoms with Crippen LogP contribution in [0.25, 0.3) is 10.8 Å². The molecule has 0 radical (unpaired) electrons. The van der Waals surface area contributed by atoms with Crippen LogP contribution in [0.3, 0.4) is 0 Å². The van der Waals surface area contributed by atoms with E-state index in [0.29, 0.717) is 0 Å². The first-order chi connectivity index (χ1) is 14.7. The van der Waals surface area contributed by atoms with E-state index >= 15 is 0 Å². The van der Waals surface area contributed by atoms with E-state index in [4.69, 9.17) is 4.74 Å². The van der Waals surface area contributed by atoms with E-state index in [1.54, 1.807) is 0 Å². The van der Waals surface area contributed by atoms with Crippen molar-refractivity contribution in [2.45, 2.75) is 85.0 Å². The van der Waals surface area contributed by atoms with Gasteiger partial charge in [0.1, 0.15) is 5.75 Å². The average Bonchev–Trinajstić information content (AvgIpc) is 2.80. The summed E-state index contributed by atoms with van der Waals surface area (Å²) in [7, 11) is 0. The third kappa shape index (κ3) is 10.6. The van der Waals surface area contributed by atoms with Gasteiger partial charge in [-0.05, 0) is 62.9 Å². The number of rotatable bonds is 17. The normalized spacial score (nSPS) is 11.5. The zero-order valence-corrected chi connectivity index (χ0v) is 22.5. The van der Waals surface area contributed by atoms with E-state index in [1.165, 1.54) is 106 Å². The lowest BCUT2D eigenvalue weighted by atomic mass is 10.1. The van der Waals surface area contributed by atoms with Crippen molar-refractivity contribution in [2.75, 3.05) is 32.8 Å². The Kier molecular flexibility index (Phi) is 15.3. The number of halogens is 1. The van der Waals surface area contributed by atoms with Crippen LogP contribution in [-0.4, -0.2) is 37.3 Å². The van der Waals surface area contributed by atoms with Gasteiger partial charge in [-0.25, -0.2) is 0 Å². The Morgan fingerprint density at radius 2 is 1.13 bits per heavy atom. The van der Waals surface area contributed by atoms with Gasteiger partial charge in [0.05, 0.1) is 32.8 Å². The molecule has 0 aliphatic rings. The van der Waals surface area contributed by atoms with E-state index < -0.39 is 0 Å². The summed E-state index contributed by atoms with van der Waals surface area (Å²) in [6, 6.07) is 14.9. The lowest BCUT2D eigenvalue weighted by Gasteiger charge is -2.35. The van der Waals surface area contributed by atoms with Crippen LogP contribution in [0.4, 0.5) is 0 Å². The molecular formula is C28H46INO. The smallest absolute Gasteiger partial charge is 0.119 e. The van der Waals surface area contributed by atoms with Gasteiger partial charge in [0.25, 0.3) is 0 Å². The molecule has 0 aromatic heterocycles. The molecule has 0 N–H and O–H groups in total. The van der Waals surface area contributed by atoms with Crippen LogP contribution in [0.15, 0.2) is 42.5 Å². The van der Waals surface area contributed by atoms with Crippen LogP contribution in [-0.2, 0) is 0 Å². The fourth-order valence-electron chi connectivity index (χ4n) is 4.56. The molecule has 0 atom stereocenters. The van der Waals surface area contributed by atoms with E-state index in [1.807, 2.05) is 0 Å². The Balaban J connectivity index is 0.00000480. The van der Waals surface area contributed by atoms with Crippen molar-refractivity contribution in [3.05, 3.63) is 42.5 Å². The molecule has 0 saturated heterocycles. The maximum absolute atomic E-state index is 5.94. The number of ether oxygens (including phenoxy) is 1. The highest BCUT2D eigenvalue weighted by Gasteiger charge is 2.19. The summed E-state index contributed by atoms with van der Waals surface area (Å²) >= 11 is 0. The highest BCUT2D eigenvalue weighted by atomic mass is 127. The lowest BCUT2D eigenvalue weighted by molar-refractivity contribution is -0.923. The third-order valence-corrected chi connectivity index (χ3v) is 7.03. The van der Waals surface area contributed by atoms with Gasteiger partial charge in [-0.15, -0.1) is 0 Å². The van der Waals surface area contributed by atoms with Gasteiger partial charge >= 0.3 is 0 Å². The van der Waals surface area contributed by atoms with Crippen molar-refractivity contribution in [1.29, 1.82) is 0 Å². The second-order valence-corrected chi connectivity index (χ2v) is 8.91. The van der Waals surface area contributed by atoms with Crippen molar-refractivity contribution >= 4 is 10.8 Å². The lowest BCUT2D eigenvalue weighted by Crippen LogP contribution is -3.00. The zero-order valence-electron chi connectivity index (χ0n) is 20.4. The Morgan fingerprint density at radius 1 is 0.613 bits per heavy atom. The molecule has 0 fully saturated rings. The highest BCUT2D eigenvalue weighted by Crippen LogP contribution is 2.21. The molecule has 3 heteroatoms. The summed E-state index contributed by atoms with van der Waals surface area (Å²) in [5.41, 5.74) is 0. The Hall–Kier alpha value is -0.810. The molecule has 0 aliphatic heterocycles. The van der Waals surface area contributed by atoms with Crippen molar-refractivity contribution in [1.82, 2.24) is 0 Å². The maximum atomic E-state index is 5.94. The Bertz CT molecular complexity index is 690. The summed E-state index contributed by atoms with van der Waals surface area (Å²) in [6.07, 6.45) is 13.7. The first kappa shape index (κ1) is 28.2. The van der Waals surface area contributed by atoms with Crippen LogP contribution >= 0.6 is 0 Å².